The Morgan fingerprint density at radius 2 is 2.00 bits per heavy atom. The van der Waals surface area contributed by atoms with Crippen molar-refractivity contribution >= 4 is 12.6 Å². The summed E-state index contributed by atoms with van der Waals surface area (Å²) in [6.07, 6.45) is -5.13. The number of ether oxygens (including phenoxy) is 2. The van der Waals surface area contributed by atoms with E-state index in [-0.39, 0.29) is 13.2 Å². The van der Waals surface area contributed by atoms with Crippen molar-refractivity contribution in [2.75, 3.05) is 13.7 Å². The Morgan fingerprint density at radius 3 is 2.59 bits per heavy atom. The van der Waals surface area contributed by atoms with Crippen molar-refractivity contribution in [3.05, 3.63) is 23.8 Å². The Kier molecular flexibility index (Phi) is 5.14. The van der Waals surface area contributed by atoms with Crippen LogP contribution in [0.15, 0.2) is 23.1 Å². The van der Waals surface area contributed by atoms with E-state index in [4.69, 9.17) is 9.47 Å². The topological polar surface area (TPSA) is 18.5 Å². The summed E-state index contributed by atoms with van der Waals surface area (Å²) in [4.78, 5) is 0.723. The van der Waals surface area contributed by atoms with E-state index in [0.29, 0.717) is 11.3 Å². The molecule has 6 heteroatoms. The molecule has 1 aromatic carbocycles. The Labute approximate surface area is 103 Å². The Balaban J connectivity index is 2.46. The average Bonchev–Trinajstić information content (AvgIpc) is 2.24. The summed E-state index contributed by atoms with van der Waals surface area (Å²) in [6, 6.07) is 5.13. The van der Waals surface area contributed by atoms with Gasteiger partial charge in [0.05, 0.1) is 26.7 Å². The Bertz CT molecular complexity index is 366. The number of benzene rings is 1. The molecule has 0 bridgehead atoms. The van der Waals surface area contributed by atoms with Crippen LogP contribution in [0.1, 0.15) is 12.0 Å². The van der Waals surface area contributed by atoms with Gasteiger partial charge in [0.15, 0.2) is 0 Å². The third-order valence-electron chi connectivity index (χ3n) is 2.06. The summed E-state index contributed by atoms with van der Waals surface area (Å²) in [5.74, 6) is 0.560. The predicted molar refractivity (Wildman–Crippen MR) is 60.6 cm³/mol. The molecule has 0 saturated heterocycles. The molecule has 0 N–H and O–H groups in total. The molecule has 0 unspecified atom stereocenters. The first-order chi connectivity index (χ1) is 7.92. The zero-order valence-electron chi connectivity index (χ0n) is 9.25. The highest BCUT2D eigenvalue weighted by atomic mass is 32.1. The Hall–Kier alpha value is -0.880. The smallest absolute Gasteiger partial charge is 0.391 e. The highest BCUT2D eigenvalue weighted by Gasteiger charge is 2.26. The second kappa shape index (κ2) is 6.16. The largest absolute Gasteiger partial charge is 0.496 e. The second-order valence-electron chi connectivity index (χ2n) is 3.41. The molecule has 0 aromatic heterocycles. The molecule has 0 radical (unpaired) electrons. The maximum atomic E-state index is 11.9. The van der Waals surface area contributed by atoms with Crippen molar-refractivity contribution in [1.82, 2.24) is 0 Å². The minimum Gasteiger partial charge on any atom is -0.496 e. The van der Waals surface area contributed by atoms with Gasteiger partial charge in [0.1, 0.15) is 5.75 Å². The third kappa shape index (κ3) is 5.32. The van der Waals surface area contributed by atoms with Crippen LogP contribution in [0.3, 0.4) is 0 Å². The monoisotopic (exact) mass is 266 g/mol. The molecule has 0 aliphatic rings. The molecule has 0 spiro atoms. The standard InChI is InChI=1S/C11H13F3O2S/c1-15-10-6-9(17)3-2-8(10)7-16-5-4-11(12,13)14/h2-3,6,17H,4-5,7H2,1H3. The molecule has 0 heterocycles. The summed E-state index contributed by atoms with van der Waals surface area (Å²) in [6.45, 7) is -0.261. The molecule has 1 rings (SSSR count). The summed E-state index contributed by atoms with van der Waals surface area (Å²) in [5, 5.41) is 0. The molecule has 96 valence electrons. The predicted octanol–water partition coefficient (Wildman–Crippen LogP) is 3.45. The van der Waals surface area contributed by atoms with E-state index in [1.54, 1.807) is 18.2 Å². The first-order valence-electron chi connectivity index (χ1n) is 4.93. The molecule has 0 fully saturated rings. The summed E-state index contributed by atoms with van der Waals surface area (Å²) in [5.41, 5.74) is 0.701. The molecular weight excluding hydrogens is 253 g/mol. The van der Waals surface area contributed by atoms with Gasteiger partial charge in [-0.1, -0.05) is 6.07 Å². The molecule has 1 aromatic rings. The van der Waals surface area contributed by atoms with Gasteiger partial charge in [-0.2, -0.15) is 13.2 Å². The number of alkyl halides is 3. The SMILES string of the molecule is COc1cc(S)ccc1COCCC(F)(F)F. The summed E-state index contributed by atoms with van der Waals surface area (Å²) < 4.78 is 45.6. The zero-order valence-corrected chi connectivity index (χ0v) is 10.1. The Morgan fingerprint density at radius 1 is 1.29 bits per heavy atom. The lowest BCUT2D eigenvalue weighted by Crippen LogP contribution is -2.11. The first kappa shape index (κ1) is 14.2. The van der Waals surface area contributed by atoms with Crippen LogP contribution in [0, 0.1) is 0 Å². The lowest BCUT2D eigenvalue weighted by Gasteiger charge is -2.10. The minimum atomic E-state index is -4.18. The number of hydrogen-bond acceptors (Lipinski definition) is 3. The second-order valence-corrected chi connectivity index (χ2v) is 3.93. The number of rotatable bonds is 5. The van der Waals surface area contributed by atoms with E-state index >= 15 is 0 Å². The quantitative estimate of drug-likeness (QED) is 0.650. The van der Waals surface area contributed by atoms with Crippen molar-refractivity contribution in [3.63, 3.8) is 0 Å². The maximum Gasteiger partial charge on any atom is 0.391 e. The molecule has 17 heavy (non-hydrogen) atoms. The van der Waals surface area contributed by atoms with Gasteiger partial charge in [0.25, 0.3) is 0 Å². The first-order valence-corrected chi connectivity index (χ1v) is 5.37. The maximum absolute atomic E-state index is 11.9. The van der Waals surface area contributed by atoms with Crippen LogP contribution in [-0.2, 0) is 11.3 Å². The number of halogens is 3. The zero-order chi connectivity index (χ0) is 12.9. The van der Waals surface area contributed by atoms with Crippen molar-refractivity contribution in [1.29, 1.82) is 0 Å². The van der Waals surface area contributed by atoms with Crippen molar-refractivity contribution in [2.24, 2.45) is 0 Å². The van der Waals surface area contributed by atoms with Crippen LogP contribution in [0.4, 0.5) is 13.2 Å². The van der Waals surface area contributed by atoms with Gasteiger partial charge in [-0.3, -0.25) is 0 Å². The number of hydrogen-bond donors (Lipinski definition) is 1. The highest BCUT2D eigenvalue weighted by molar-refractivity contribution is 7.80. The van der Waals surface area contributed by atoms with Crippen LogP contribution in [0.25, 0.3) is 0 Å². The fourth-order valence-corrected chi connectivity index (χ4v) is 1.41. The molecule has 0 saturated carbocycles. The van der Waals surface area contributed by atoms with E-state index in [9.17, 15) is 13.2 Å². The van der Waals surface area contributed by atoms with Gasteiger partial charge in [-0.05, 0) is 12.1 Å². The molecular formula is C11H13F3O2S. The van der Waals surface area contributed by atoms with Crippen LogP contribution < -0.4 is 4.74 Å². The fraction of sp³-hybridized carbons (Fsp3) is 0.455. The number of methoxy groups -OCH3 is 1. The van der Waals surface area contributed by atoms with Crippen LogP contribution >= 0.6 is 12.6 Å². The van der Waals surface area contributed by atoms with Gasteiger partial charge in [-0.25, -0.2) is 0 Å². The van der Waals surface area contributed by atoms with Gasteiger partial charge in [0.2, 0.25) is 0 Å². The van der Waals surface area contributed by atoms with Crippen molar-refractivity contribution in [2.45, 2.75) is 24.1 Å². The fourth-order valence-electron chi connectivity index (χ4n) is 1.22. The van der Waals surface area contributed by atoms with E-state index < -0.39 is 12.6 Å². The van der Waals surface area contributed by atoms with E-state index in [2.05, 4.69) is 12.6 Å². The highest BCUT2D eigenvalue weighted by Crippen LogP contribution is 2.24. The van der Waals surface area contributed by atoms with Gasteiger partial charge in [0, 0.05) is 10.5 Å². The van der Waals surface area contributed by atoms with E-state index in [1.165, 1.54) is 7.11 Å². The molecule has 0 aliphatic heterocycles. The van der Waals surface area contributed by atoms with E-state index in [0.717, 1.165) is 4.90 Å². The minimum absolute atomic E-state index is 0.0906. The van der Waals surface area contributed by atoms with E-state index in [1.807, 2.05) is 0 Å². The molecule has 0 aliphatic carbocycles. The normalized spacial score (nSPS) is 11.6. The van der Waals surface area contributed by atoms with Crippen molar-refractivity contribution in [3.8, 4) is 5.75 Å². The van der Waals surface area contributed by atoms with Crippen LogP contribution in [-0.4, -0.2) is 19.9 Å². The molecule has 0 amide bonds. The van der Waals surface area contributed by atoms with Crippen molar-refractivity contribution < 1.29 is 22.6 Å². The van der Waals surface area contributed by atoms with Gasteiger partial charge in [-0.15, -0.1) is 12.6 Å². The number of thiol groups is 1. The van der Waals surface area contributed by atoms with Crippen LogP contribution in [0.2, 0.25) is 0 Å². The third-order valence-corrected chi connectivity index (χ3v) is 2.34. The lowest BCUT2D eigenvalue weighted by atomic mass is 10.2. The summed E-state index contributed by atoms with van der Waals surface area (Å²) >= 11 is 4.13. The van der Waals surface area contributed by atoms with Gasteiger partial charge < -0.3 is 9.47 Å². The molecule has 0 atom stereocenters. The molecule has 2 nitrogen and oxygen atoms in total. The summed E-state index contributed by atoms with van der Waals surface area (Å²) in [7, 11) is 1.49. The van der Waals surface area contributed by atoms with Gasteiger partial charge >= 0.3 is 6.18 Å². The average molecular weight is 266 g/mol. The lowest BCUT2D eigenvalue weighted by molar-refractivity contribution is -0.146. The van der Waals surface area contributed by atoms with Crippen LogP contribution in [0.5, 0.6) is 5.75 Å².